The topological polar surface area (TPSA) is 62.3 Å². The molecule has 0 spiro atoms. The van der Waals surface area contributed by atoms with E-state index < -0.39 is 5.41 Å². The van der Waals surface area contributed by atoms with Gasteiger partial charge >= 0.3 is 6.03 Å². The van der Waals surface area contributed by atoms with E-state index in [1.807, 2.05) is 56.3 Å². The molecule has 0 aliphatic carbocycles. The first-order valence-corrected chi connectivity index (χ1v) is 9.72. The number of imide groups is 1. The molecule has 2 heterocycles. The van der Waals surface area contributed by atoms with E-state index in [0.717, 1.165) is 10.5 Å². The van der Waals surface area contributed by atoms with Gasteiger partial charge in [0.2, 0.25) is 5.91 Å². The van der Waals surface area contributed by atoms with E-state index >= 15 is 0 Å². The van der Waals surface area contributed by atoms with Gasteiger partial charge in [-0.05, 0) is 30.5 Å². The number of aromatic nitrogens is 1. The Hall–Kier alpha value is -2.34. The number of benzene rings is 1. The SMILES string of the molecule is CCC1(CC)C(=O)N(C(=O)NCc2ccccc2)C1Sc1cccnc1. The fourth-order valence-corrected chi connectivity index (χ4v) is 4.80. The van der Waals surface area contributed by atoms with Crippen LogP contribution in [0.2, 0.25) is 0 Å². The first kappa shape index (κ1) is 18.5. The van der Waals surface area contributed by atoms with Gasteiger partial charge in [0.15, 0.2) is 0 Å². The van der Waals surface area contributed by atoms with Gasteiger partial charge in [0.05, 0.1) is 5.41 Å². The lowest BCUT2D eigenvalue weighted by Crippen LogP contribution is -2.70. The highest BCUT2D eigenvalue weighted by Gasteiger charge is 2.61. The minimum Gasteiger partial charge on any atom is -0.334 e. The monoisotopic (exact) mass is 369 g/mol. The highest BCUT2D eigenvalue weighted by Crippen LogP contribution is 2.51. The summed E-state index contributed by atoms with van der Waals surface area (Å²) in [6, 6.07) is 13.2. The molecule has 1 unspecified atom stereocenters. The lowest BCUT2D eigenvalue weighted by atomic mass is 9.74. The van der Waals surface area contributed by atoms with Crippen LogP contribution in [0.4, 0.5) is 4.79 Å². The Morgan fingerprint density at radius 3 is 2.54 bits per heavy atom. The van der Waals surface area contributed by atoms with Gasteiger partial charge in [-0.25, -0.2) is 9.69 Å². The van der Waals surface area contributed by atoms with Crippen molar-refractivity contribution in [1.82, 2.24) is 15.2 Å². The van der Waals surface area contributed by atoms with Crippen LogP contribution in [0.25, 0.3) is 0 Å². The molecule has 6 heteroatoms. The van der Waals surface area contributed by atoms with E-state index in [-0.39, 0.29) is 17.3 Å². The number of rotatable bonds is 6. The normalized spacial score (nSPS) is 18.3. The van der Waals surface area contributed by atoms with Crippen LogP contribution in [-0.2, 0) is 11.3 Å². The lowest BCUT2D eigenvalue weighted by Gasteiger charge is -2.53. The van der Waals surface area contributed by atoms with Crippen molar-refractivity contribution in [1.29, 1.82) is 0 Å². The molecule has 1 aromatic carbocycles. The second kappa shape index (κ2) is 7.91. The second-order valence-electron chi connectivity index (χ2n) is 6.34. The Balaban J connectivity index is 1.75. The van der Waals surface area contributed by atoms with Gasteiger partial charge in [-0.2, -0.15) is 0 Å². The number of nitrogens with one attached hydrogen (secondary N) is 1. The van der Waals surface area contributed by atoms with Crippen molar-refractivity contribution in [3.63, 3.8) is 0 Å². The molecule has 1 fully saturated rings. The van der Waals surface area contributed by atoms with Crippen molar-refractivity contribution >= 4 is 23.7 Å². The Labute approximate surface area is 158 Å². The molecule has 5 nitrogen and oxygen atoms in total. The molecule has 3 rings (SSSR count). The van der Waals surface area contributed by atoms with Crippen LogP contribution in [0.3, 0.4) is 0 Å². The van der Waals surface area contributed by atoms with E-state index in [4.69, 9.17) is 0 Å². The predicted octanol–water partition coefficient (Wildman–Crippen LogP) is 4.06. The Bertz CT molecular complexity index is 763. The van der Waals surface area contributed by atoms with Crippen molar-refractivity contribution in [2.24, 2.45) is 5.41 Å². The number of urea groups is 1. The summed E-state index contributed by atoms with van der Waals surface area (Å²) in [5, 5.41) is 2.65. The third-order valence-corrected chi connectivity index (χ3v) is 6.40. The number of likely N-dealkylation sites (tertiary alicyclic amines) is 1. The number of carbonyl (C=O) groups excluding carboxylic acids is 2. The third kappa shape index (κ3) is 3.33. The molecule has 0 bridgehead atoms. The smallest absolute Gasteiger partial charge is 0.325 e. The van der Waals surface area contributed by atoms with Crippen LogP contribution in [0.15, 0.2) is 59.8 Å². The standard InChI is InChI=1S/C20H23N3O2S/c1-3-20(4-2)17(24)23(18(20)26-16-11-8-12-21-14-16)19(25)22-13-15-9-6-5-7-10-15/h5-12,14,18H,3-4,13H2,1-2H3,(H,22,25). The van der Waals surface area contributed by atoms with Crippen molar-refractivity contribution in [2.45, 2.75) is 43.5 Å². The minimum absolute atomic E-state index is 0.0885. The van der Waals surface area contributed by atoms with Gasteiger partial charge in [0.25, 0.3) is 0 Å². The number of amides is 3. The Kier molecular flexibility index (Phi) is 5.61. The van der Waals surface area contributed by atoms with Gasteiger partial charge in [0.1, 0.15) is 5.37 Å². The van der Waals surface area contributed by atoms with Crippen molar-refractivity contribution in [3.05, 3.63) is 60.4 Å². The van der Waals surface area contributed by atoms with Crippen LogP contribution < -0.4 is 5.32 Å². The molecule has 1 saturated heterocycles. The molecule has 1 aliphatic heterocycles. The maximum atomic E-state index is 12.8. The molecular weight excluding hydrogens is 346 g/mol. The zero-order valence-electron chi connectivity index (χ0n) is 15.0. The molecule has 136 valence electrons. The van der Waals surface area contributed by atoms with Crippen molar-refractivity contribution < 1.29 is 9.59 Å². The number of β-lactam (4-membered cyclic amide) rings is 1. The number of hydrogen-bond donors (Lipinski definition) is 1. The molecular formula is C20H23N3O2S. The van der Waals surface area contributed by atoms with Gasteiger partial charge in [-0.1, -0.05) is 55.9 Å². The highest BCUT2D eigenvalue weighted by atomic mass is 32.2. The van der Waals surface area contributed by atoms with E-state index in [0.29, 0.717) is 19.4 Å². The quantitative estimate of drug-likeness (QED) is 0.780. The fraction of sp³-hybridized carbons (Fsp3) is 0.350. The van der Waals surface area contributed by atoms with E-state index in [1.165, 1.54) is 16.7 Å². The van der Waals surface area contributed by atoms with E-state index in [9.17, 15) is 9.59 Å². The summed E-state index contributed by atoms with van der Waals surface area (Å²) in [5.41, 5.74) is 0.507. The molecule has 0 saturated carbocycles. The number of pyridine rings is 1. The minimum atomic E-state index is -0.495. The maximum Gasteiger partial charge on any atom is 0.325 e. The molecule has 1 aromatic heterocycles. The molecule has 1 N–H and O–H groups in total. The molecule has 26 heavy (non-hydrogen) atoms. The van der Waals surface area contributed by atoms with Gasteiger partial charge in [-0.15, -0.1) is 0 Å². The van der Waals surface area contributed by atoms with Gasteiger partial charge in [0, 0.05) is 23.8 Å². The first-order chi connectivity index (χ1) is 12.6. The van der Waals surface area contributed by atoms with E-state index in [2.05, 4.69) is 10.3 Å². The zero-order valence-corrected chi connectivity index (χ0v) is 15.8. The summed E-state index contributed by atoms with van der Waals surface area (Å²) in [6.07, 6.45) is 4.91. The van der Waals surface area contributed by atoms with Crippen LogP contribution in [-0.4, -0.2) is 27.2 Å². The lowest BCUT2D eigenvalue weighted by molar-refractivity contribution is -0.158. The van der Waals surface area contributed by atoms with Gasteiger partial charge in [-0.3, -0.25) is 9.78 Å². The van der Waals surface area contributed by atoms with E-state index in [1.54, 1.807) is 12.4 Å². The molecule has 3 amide bonds. The van der Waals surface area contributed by atoms with Crippen molar-refractivity contribution in [2.75, 3.05) is 0 Å². The number of nitrogens with zero attached hydrogens (tertiary/aromatic N) is 2. The average molecular weight is 369 g/mol. The average Bonchev–Trinajstić information content (AvgIpc) is 2.69. The number of carbonyl (C=O) groups is 2. The first-order valence-electron chi connectivity index (χ1n) is 8.84. The third-order valence-electron chi connectivity index (χ3n) is 5.00. The predicted molar refractivity (Wildman–Crippen MR) is 102 cm³/mol. The summed E-state index contributed by atoms with van der Waals surface area (Å²) in [7, 11) is 0. The largest absolute Gasteiger partial charge is 0.334 e. The fourth-order valence-electron chi connectivity index (χ4n) is 3.30. The summed E-state index contributed by atoms with van der Waals surface area (Å²) >= 11 is 1.53. The highest BCUT2D eigenvalue weighted by molar-refractivity contribution is 8.00. The Morgan fingerprint density at radius 1 is 1.19 bits per heavy atom. The molecule has 0 radical (unpaired) electrons. The maximum absolute atomic E-state index is 12.8. The summed E-state index contributed by atoms with van der Waals surface area (Å²) < 4.78 is 0. The summed E-state index contributed by atoms with van der Waals surface area (Å²) in [6.45, 7) is 4.42. The number of thioether (sulfide) groups is 1. The Morgan fingerprint density at radius 2 is 1.92 bits per heavy atom. The zero-order chi connectivity index (χ0) is 18.6. The molecule has 1 atom stereocenters. The number of hydrogen-bond acceptors (Lipinski definition) is 4. The van der Waals surface area contributed by atoms with Crippen LogP contribution in [0.5, 0.6) is 0 Å². The second-order valence-corrected chi connectivity index (χ2v) is 7.50. The van der Waals surface area contributed by atoms with Gasteiger partial charge < -0.3 is 5.32 Å². The molecule has 2 aromatic rings. The van der Waals surface area contributed by atoms with Crippen LogP contribution >= 0.6 is 11.8 Å². The van der Waals surface area contributed by atoms with Crippen molar-refractivity contribution in [3.8, 4) is 0 Å². The summed E-state index contributed by atoms with van der Waals surface area (Å²) in [5.74, 6) is -0.0885. The molecule has 1 aliphatic rings. The van der Waals surface area contributed by atoms with Crippen LogP contribution in [0.1, 0.15) is 32.3 Å². The summed E-state index contributed by atoms with van der Waals surface area (Å²) in [4.78, 5) is 32.0. The van der Waals surface area contributed by atoms with Crippen LogP contribution in [0, 0.1) is 5.41 Å².